The quantitative estimate of drug-likeness (QED) is 0.738. The number of anilines is 1. The Hall–Kier alpha value is -1.36. The molecular formula is C9H15N3O2. The van der Waals surface area contributed by atoms with Crippen molar-refractivity contribution in [3.05, 3.63) is 22.2 Å². The molecule has 1 heterocycles. The molecule has 1 atom stereocenters. The lowest BCUT2D eigenvalue weighted by molar-refractivity contribution is 0.128. The summed E-state index contributed by atoms with van der Waals surface area (Å²) in [5.41, 5.74) is -0.148. The monoisotopic (exact) mass is 197 g/mol. The molecule has 0 aliphatic rings. The summed E-state index contributed by atoms with van der Waals surface area (Å²) in [7, 11) is 1.64. The van der Waals surface area contributed by atoms with Crippen LogP contribution in [0.15, 0.2) is 10.9 Å². The van der Waals surface area contributed by atoms with Gasteiger partial charge >= 0.3 is 0 Å². The highest BCUT2D eigenvalue weighted by Gasteiger charge is 2.01. The second kappa shape index (κ2) is 4.76. The third-order valence-corrected chi connectivity index (χ3v) is 1.83. The second-order valence-electron chi connectivity index (χ2n) is 3.14. The van der Waals surface area contributed by atoms with Crippen molar-refractivity contribution in [3.8, 4) is 0 Å². The van der Waals surface area contributed by atoms with E-state index in [4.69, 9.17) is 4.74 Å². The Bertz CT molecular complexity index is 348. The molecule has 78 valence electrons. The summed E-state index contributed by atoms with van der Waals surface area (Å²) in [6.07, 6.45) is 0.0939. The lowest BCUT2D eigenvalue weighted by Crippen LogP contribution is -2.20. The van der Waals surface area contributed by atoms with E-state index in [0.29, 0.717) is 18.2 Å². The minimum atomic E-state index is -0.148. The van der Waals surface area contributed by atoms with Gasteiger partial charge in [-0.3, -0.25) is 4.79 Å². The highest BCUT2D eigenvalue weighted by atomic mass is 16.5. The highest BCUT2D eigenvalue weighted by Crippen LogP contribution is 1.98. The maximum absolute atomic E-state index is 11.1. The summed E-state index contributed by atoms with van der Waals surface area (Å²) < 4.78 is 5.06. The van der Waals surface area contributed by atoms with Gasteiger partial charge < -0.3 is 15.0 Å². The van der Waals surface area contributed by atoms with Gasteiger partial charge in [-0.2, -0.15) is 0 Å². The molecule has 0 aromatic carbocycles. The van der Waals surface area contributed by atoms with Crippen LogP contribution in [0.25, 0.3) is 0 Å². The van der Waals surface area contributed by atoms with Gasteiger partial charge in [0.05, 0.1) is 6.10 Å². The SMILES string of the molecule is COC(C)CNc1cc(=O)[nH]c(C)n1. The van der Waals surface area contributed by atoms with Gasteiger partial charge in [-0.1, -0.05) is 0 Å². The first-order chi connectivity index (χ1) is 6.61. The third kappa shape index (κ3) is 3.18. The average Bonchev–Trinajstić information content (AvgIpc) is 2.12. The number of rotatable bonds is 4. The number of aryl methyl sites for hydroxylation is 1. The topological polar surface area (TPSA) is 67.0 Å². The Morgan fingerprint density at radius 1 is 1.71 bits per heavy atom. The van der Waals surface area contributed by atoms with E-state index in [0.717, 1.165) is 0 Å². The van der Waals surface area contributed by atoms with Crippen LogP contribution in [0.4, 0.5) is 5.82 Å². The molecule has 1 unspecified atom stereocenters. The van der Waals surface area contributed by atoms with Crippen LogP contribution in [0.5, 0.6) is 0 Å². The number of hydrogen-bond acceptors (Lipinski definition) is 4. The van der Waals surface area contributed by atoms with E-state index < -0.39 is 0 Å². The molecule has 5 nitrogen and oxygen atoms in total. The maximum Gasteiger partial charge on any atom is 0.252 e. The Labute approximate surface area is 82.5 Å². The number of aromatic nitrogens is 2. The van der Waals surface area contributed by atoms with E-state index in [1.807, 2.05) is 6.92 Å². The fourth-order valence-electron chi connectivity index (χ4n) is 1.00. The molecule has 2 N–H and O–H groups in total. The summed E-state index contributed by atoms with van der Waals surface area (Å²) in [6, 6.07) is 1.43. The Morgan fingerprint density at radius 2 is 2.43 bits per heavy atom. The smallest absolute Gasteiger partial charge is 0.252 e. The lowest BCUT2D eigenvalue weighted by Gasteiger charge is -2.10. The molecule has 0 spiro atoms. The van der Waals surface area contributed by atoms with Crippen LogP contribution in [-0.4, -0.2) is 29.7 Å². The number of ether oxygens (including phenoxy) is 1. The van der Waals surface area contributed by atoms with Crippen molar-refractivity contribution in [2.24, 2.45) is 0 Å². The molecular weight excluding hydrogens is 182 g/mol. The molecule has 0 amide bonds. The van der Waals surface area contributed by atoms with Crippen LogP contribution >= 0.6 is 0 Å². The van der Waals surface area contributed by atoms with E-state index in [2.05, 4.69) is 15.3 Å². The van der Waals surface area contributed by atoms with E-state index in [-0.39, 0.29) is 11.7 Å². The van der Waals surface area contributed by atoms with Crippen LogP contribution in [0.1, 0.15) is 12.7 Å². The van der Waals surface area contributed by atoms with Gasteiger partial charge in [0.15, 0.2) is 0 Å². The zero-order chi connectivity index (χ0) is 10.6. The van der Waals surface area contributed by atoms with E-state index in [1.54, 1.807) is 14.0 Å². The number of hydrogen-bond donors (Lipinski definition) is 2. The number of H-pyrrole nitrogens is 1. The molecule has 0 saturated heterocycles. The summed E-state index contributed by atoms with van der Waals surface area (Å²) in [5.74, 6) is 1.18. The van der Waals surface area contributed by atoms with Gasteiger partial charge in [0.1, 0.15) is 11.6 Å². The molecule has 0 saturated carbocycles. The zero-order valence-corrected chi connectivity index (χ0v) is 8.63. The van der Waals surface area contributed by atoms with Crippen LogP contribution < -0.4 is 10.9 Å². The fourth-order valence-corrected chi connectivity index (χ4v) is 1.00. The van der Waals surface area contributed by atoms with Gasteiger partial charge in [-0.05, 0) is 13.8 Å². The first-order valence-corrected chi connectivity index (χ1v) is 4.46. The van der Waals surface area contributed by atoms with Crippen molar-refractivity contribution in [1.82, 2.24) is 9.97 Å². The molecule has 0 fully saturated rings. The second-order valence-corrected chi connectivity index (χ2v) is 3.14. The number of aromatic amines is 1. The van der Waals surface area contributed by atoms with E-state index >= 15 is 0 Å². The maximum atomic E-state index is 11.1. The summed E-state index contributed by atoms with van der Waals surface area (Å²) in [6.45, 7) is 4.31. The predicted molar refractivity (Wildman–Crippen MR) is 54.6 cm³/mol. The molecule has 0 radical (unpaired) electrons. The minimum Gasteiger partial charge on any atom is -0.380 e. The van der Waals surface area contributed by atoms with E-state index in [1.165, 1.54) is 6.07 Å². The summed E-state index contributed by atoms with van der Waals surface area (Å²) >= 11 is 0. The minimum absolute atomic E-state index is 0.0939. The number of nitrogens with one attached hydrogen (secondary N) is 2. The van der Waals surface area contributed by atoms with Gasteiger partial charge in [-0.25, -0.2) is 4.98 Å². The van der Waals surface area contributed by atoms with Crippen molar-refractivity contribution in [2.45, 2.75) is 20.0 Å². The summed E-state index contributed by atoms with van der Waals surface area (Å²) in [4.78, 5) is 17.8. The van der Waals surface area contributed by atoms with Crippen molar-refractivity contribution in [1.29, 1.82) is 0 Å². The van der Waals surface area contributed by atoms with Gasteiger partial charge in [-0.15, -0.1) is 0 Å². The largest absolute Gasteiger partial charge is 0.380 e. The van der Waals surface area contributed by atoms with Crippen LogP contribution in [0, 0.1) is 6.92 Å². The molecule has 14 heavy (non-hydrogen) atoms. The number of methoxy groups -OCH3 is 1. The summed E-state index contributed by atoms with van der Waals surface area (Å²) in [5, 5.41) is 3.02. The van der Waals surface area contributed by atoms with Gasteiger partial charge in [0, 0.05) is 19.7 Å². The molecule has 0 bridgehead atoms. The molecule has 1 rings (SSSR count). The normalized spacial score (nSPS) is 12.5. The standard InChI is InChI=1S/C9H15N3O2/c1-6(14-3)5-10-8-4-9(13)12-7(2)11-8/h4,6H,5H2,1-3H3,(H2,10,11,12,13). The Kier molecular flexibility index (Phi) is 3.64. The molecule has 0 aliphatic heterocycles. The van der Waals surface area contributed by atoms with Gasteiger partial charge in [0.25, 0.3) is 5.56 Å². The van der Waals surface area contributed by atoms with Crippen molar-refractivity contribution < 1.29 is 4.74 Å². The van der Waals surface area contributed by atoms with Crippen LogP contribution in [0.3, 0.4) is 0 Å². The zero-order valence-electron chi connectivity index (χ0n) is 8.63. The van der Waals surface area contributed by atoms with Gasteiger partial charge in [0.2, 0.25) is 0 Å². The molecule has 5 heteroatoms. The lowest BCUT2D eigenvalue weighted by atomic mass is 10.4. The van der Waals surface area contributed by atoms with Crippen molar-refractivity contribution >= 4 is 5.82 Å². The highest BCUT2D eigenvalue weighted by molar-refractivity contribution is 5.32. The van der Waals surface area contributed by atoms with E-state index in [9.17, 15) is 4.79 Å². The molecule has 0 aliphatic carbocycles. The molecule has 1 aromatic heterocycles. The predicted octanol–water partition coefficient (Wildman–Crippen LogP) is 0.525. The average molecular weight is 197 g/mol. The van der Waals surface area contributed by atoms with Crippen LogP contribution in [0.2, 0.25) is 0 Å². The van der Waals surface area contributed by atoms with Crippen molar-refractivity contribution in [3.63, 3.8) is 0 Å². The first-order valence-electron chi connectivity index (χ1n) is 4.46. The molecule has 1 aromatic rings. The van der Waals surface area contributed by atoms with Crippen LogP contribution in [-0.2, 0) is 4.74 Å². The number of nitrogens with zero attached hydrogens (tertiary/aromatic N) is 1. The Morgan fingerprint density at radius 3 is 3.00 bits per heavy atom. The van der Waals surface area contributed by atoms with Crippen molar-refractivity contribution in [2.75, 3.05) is 19.0 Å². The third-order valence-electron chi connectivity index (χ3n) is 1.83. The fraction of sp³-hybridized carbons (Fsp3) is 0.556. The first kappa shape index (κ1) is 10.7. The Balaban J connectivity index is 2.63.